The Hall–Kier alpha value is -0.650. The molecule has 1 unspecified atom stereocenters. The fourth-order valence-electron chi connectivity index (χ4n) is 1.50. The Kier molecular flexibility index (Phi) is 9.18. The molecule has 0 aliphatic rings. The van der Waals surface area contributed by atoms with Crippen LogP contribution < -0.4 is 11.3 Å². The van der Waals surface area contributed by atoms with Crippen LogP contribution in [0.4, 0.5) is 0 Å². The third kappa shape index (κ3) is 7.62. The average molecular weight is 231 g/mol. The molecule has 0 spiro atoms. The molecule has 0 radical (unpaired) electrons. The molecule has 0 heterocycles. The minimum absolute atomic E-state index is 0.111. The van der Waals surface area contributed by atoms with Gasteiger partial charge in [0.2, 0.25) is 5.91 Å². The van der Waals surface area contributed by atoms with Gasteiger partial charge in [-0.3, -0.25) is 10.2 Å². The Morgan fingerprint density at radius 2 is 2.12 bits per heavy atom. The molecule has 0 aromatic rings. The van der Waals surface area contributed by atoms with E-state index in [1.807, 2.05) is 0 Å². The Labute approximate surface area is 98.0 Å². The molecule has 5 heteroatoms. The molecule has 0 saturated carbocycles. The van der Waals surface area contributed by atoms with E-state index in [1.165, 1.54) is 0 Å². The fraction of sp³-hybridized carbons (Fsp3) is 0.909. The van der Waals surface area contributed by atoms with Crippen LogP contribution in [0.2, 0.25) is 0 Å². The van der Waals surface area contributed by atoms with Gasteiger partial charge in [-0.2, -0.15) is 0 Å². The van der Waals surface area contributed by atoms with Crippen LogP contribution >= 0.6 is 0 Å². The zero-order valence-electron chi connectivity index (χ0n) is 10.4. The van der Waals surface area contributed by atoms with Crippen molar-refractivity contribution in [3.05, 3.63) is 0 Å². The van der Waals surface area contributed by atoms with Crippen molar-refractivity contribution < 1.29 is 9.90 Å². The maximum atomic E-state index is 11.0. The molecule has 0 aliphatic heterocycles. The van der Waals surface area contributed by atoms with E-state index < -0.39 is 0 Å². The number of hydrazine groups is 1. The molecule has 0 bridgehead atoms. The number of amides is 1. The van der Waals surface area contributed by atoms with Gasteiger partial charge < -0.3 is 10.0 Å². The van der Waals surface area contributed by atoms with Gasteiger partial charge in [-0.15, -0.1) is 0 Å². The number of hydrogen-bond donors (Lipinski definition) is 3. The Morgan fingerprint density at radius 3 is 2.69 bits per heavy atom. The lowest BCUT2D eigenvalue weighted by atomic mass is 10.1. The van der Waals surface area contributed by atoms with Crippen molar-refractivity contribution in [3.8, 4) is 0 Å². The molecular weight excluding hydrogens is 206 g/mol. The highest BCUT2D eigenvalue weighted by molar-refractivity contribution is 5.75. The van der Waals surface area contributed by atoms with Crippen LogP contribution in [-0.2, 0) is 4.79 Å². The summed E-state index contributed by atoms with van der Waals surface area (Å²) in [5.41, 5.74) is 2.13. The molecule has 96 valence electrons. The summed E-state index contributed by atoms with van der Waals surface area (Å²) in [7, 11) is 2.06. The standard InChI is InChI=1S/C11H25N3O2/c1-10(6-7-11(16)13-12)14(2)8-4-3-5-9-15/h10,15H,3-9,12H2,1-2H3,(H,13,16). The Balaban J connectivity index is 3.56. The van der Waals surface area contributed by atoms with Crippen LogP contribution in [0, 0.1) is 0 Å². The Bertz CT molecular complexity index is 188. The van der Waals surface area contributed by atoms with E-state index in [1.54, 1.807) is 0 Å². The lowest BCUT2D eigenvalue weighted by molar-refractivity contribution is -0.121. The molecule has 0 aromatic carbocycles. The van der Waals surface area contributed by atoms with Gasteiger partial charge in [0, 0.05) is 19.1 Å². The largest absolute Gasteiger partial charge is 0.396 e. The minimum Gasteiger partial charge on any atom is -0.396 e. The third-order valence-electron chi connectivity index (χ3n) is 2.87. The number of nitrogens with two attached hydrogens (primary N) is 1. The quantitative estimate of drug-likeness (QED) is 0.230. The fourth-order valence-corrected chi connectivity index (χ4v) is 1.50. The molecule has 0 saturated heterocycles. The topological polar surface area (TPSA) is 78.6 Å². The van der Waals surface area contributed by atoms with Gasteiger partial charge in [-0.25, -0.2) is 5.84 Å². The van der Waals surface area contributed by atoms with Crippen molar-refractivity contribution in [1.29, 1.82) is 0 Å². The third-order valence-corrected chi connectivity index (χ3v) is 2.87. The zero-order valence-corrected chi connectivity index (χ0v) is 10.4. The predicted octanol–water partition coefficient (Wildman–Crippen LogP) is 0.239. The Morgan fingerprint density at radius 1 is 1.44 bits per heavy atom. The first-order valence-corrected chi connectivity index (χ1v) is 5.92. The molecule has 0 rings (SSSR count). The number of hydrogen-bond acceptors (Lipinski definition) is 4. The summed E-state index contributed by atoms with van der Waals surface area (Å²) in [6.07, 6.45) is 4.30. The number of unbranched alkanes of at least 4 members (excludes halogenated alkanes) is 2. The van der Waals surface area contributed by atoms with E-state index in [0.29, 0.717) is 12.5 Å². The molecule has 1 amide bonds. The lowest BCUT2D eigenvalue weighted by Crippen LogP contribution is -2.34. The van der Waals surface area contributed by atoms with E-state index in [9.17, 15) is 4.79 Å². The number of aliphatic hydroxyl groups excluding tert-OH is 1. The van der Waals surface area contributed by atoms with Gasteiger partial charge in [0.25, 0.3) is 0 Å². The van der Waals surface area contributed by atoms with Crippen LogP contribution in [-0.4, -0.2) is 42.2 Å². The molecule has 0 fully saturated rings. The molecule has 5 nitrogen and oxygen atoms in total. The van der Waals surface area contributed by atoms with Crippen LogP contribution in [0.15, 0.2) is 0 Å². The second-order valence-corrected chi connectivity index (χ2v) is 4.22. The van der Waals surface area contributed by atoms with Crippen LogP contribution in [0.5, 0.6) is 0 Å². The zero-order chi connectivity index (χ0) is 12.4. The monoisotopic (exact) mass is 231 g/mol. The summed E-state index contributed by atoms with van der Waals surface area (Å²) in [4.78, 5) is 13.2. The van der Waals surface area contributed by atoms with Gasteiger partial charge in [-0.05, 0) is 46.2 Å². The molecule has 1 atom stereocenters. The number of nitrogens with one attached hydrogen (secondary N) is 1. The number of carbonyl (C=O) groups is 1. The van der Waals surface area contributed by atoms with Gasteiger partial charge >= 0.3 is 0 Å². The summed E-state index contributed by atoms with van der Waals surface area (Å²) >= 11 is 0. The van der Waals surface area contributed by atoms with E-state index in [-0.39, 0.29) is 12.5 Å². The number of rotatable bonds is 9. The highest BCUT2D eigenvalue weighted by atomic mass is 16.2. The van der Waals surface area contributed by atoms with Crippen molar-refractivity contribution in [3.63, 3.8) is 0 Å². The van der Waals surface area contributed by atoms with Crippen LogP contribution in [0.3, 0.4) is 0 Å². The van der Waals surface area contributed by atoms with Crippen LogP contribution in [0.1, 0.15) is 39.0 Å². The second kappa shape index (κ2) is 9.57. The maximum absolute atomic E-state index is 11.0. The minimum atomic E-state index is -0.111. The average Bonchev–Trinajstić information content (AvgIpc) is 2.30. The summed E-state index contributed by atoms with van der Waals surface area (Å²) in [5, 5.41) is 8.64. The van der Waals surface area contributed by atoms with E-state index >= 15 is 0 Å². The normalized spacial score (nSPS) is 12.8. The number of aliphatic hydroxyl groups is 1. The predicted molar refractivity (Wildman–Crippen MR) is 64.6 cm³/mol. The first kappa shape index (κ1) is 15.3. The van der Waals surface area contributed by atoms with Crippen molar-refractivity contribution in [2.45, 2.75) is 45.1 Å². The van der Waals surface area contributed by atoms with E-state index in [0.717, 1.165) is 32.2 Å². The molecular formula is C11H25N3O2. The van der Waals surface area contributed by atoms with Crippen molar-refractivity contribution >= 4 is 5.91 Å². The summed E-state index contributed by atoms with van der Waals surface area (Å²) in [5.74, 6) is 4.90. The molecule has 0 aromatic heterocycles. The van der Waals surface area contributed by atoms with Crippen molar-refractivity contribution in [2.75, 3.05) is 20.2 Å². The summed E-state index contributed by atoms with van der Waals surface area (Å²) in [6, 6.07) is 0.381. The molecule has 0 aliphatic carbocycles. The number of nitrogens with zero attached hydrogens (tertiary/aromatic N) is 1. The molecule has 4 N–H and O–H groups in total. The van der Waals surface area contributed by atoms with Crippen LogP contribution in [0.25, 0.3) is 0 Å². The maximum Gasteiger partial charge on any atom is 0.233 e. The van der Waals surface area contributed by atoms with Gasteiger partial charge in [0.1, 0.15) is 0 Å². The first-order valence-electron chi connectivity index (χ1n) is 5.92. The SMILES string of the molecule is CC(CCC(=O)NN)N(C)CCCCCO. The first-order chi connectivity index (χ1) is 7.61. The van der Waals surface area contributed by atoms with E-state index in [2.05, 4.69) is 24.3 Å². The molecule has 16 heavy (non-hydrogen) atoms. The van der Waals surface area contributed by atoms with Gasteiger partial charge in [-0.1, -0.05) is 0 Å². The number of carbonyl (C=O) groups excluding carboxylic acids is 1. The lowest BCUT2D eigenvalue weighted by Gasteiger charge is -2.24. The van der Waals surface area contributed by atoms with Gasteiger partial charge in [0.15, 0.2) is 0 Å². The van der Waals surface area contributed by atoms with Gasteiger partial charge in [0.05, 0.1) is 0 Å². The highest BCUT2D eigenvalue weighted by Gasteiger charge is 2.10. The second-order valence-electron chi connectivity index (χ2n) is 4.22. The van der Waals surface area contributed by atoms with Crippen molar-refractivity contribution in [2.24, 2.45) is 5.84 Å². The summed E-state index contributed by atoms with van der Waals surface area (Å²) in [6.45, 7) is 3.39. The highest BCUT2D eigenvalue weighted by Crippen LogP contribution is 2.06. The van der Waals surface area contributed by atoms with E-state index in [4.69, 9.17) is 10.9 Å². The van der Waals surface area contributed by atoms with Crippen molar-refractivity contribution in [1.82, 2.24) is 10.3 Å². The smallest absolute Gasteiger partial charge is 0.233 e. The summed E-state index contributed by atoms with van der Waals surface area (Å²) < 4.78 is 0.